The number of anilines is 1. The highest BCUT2D eigenvalue weighted by Crippen LogP contribution is 2.34. The summed E-state index contributed by atoms with van der Waals surface area (Å²) in [5.74, 6) is -0.225. The first kappa shape index (κ1) is 21.4. The zero-order chi connectivity index (χ0) is 21.8. The number of benzene rings is 3. The smallest absolute Gasteiger partial charge is 0.256 e. The molecular formula is C25H18Cl2N2OS. The normalized spacial score (nSPS) is 10.7. The third kappa shape index (κ3) is 4.77. The molecule has 4 rings (SSSR count). The molecule has 0 bridgehead atoms. The number of nitrogens with one attached hydrogen (secondary N) is 1. The van der Waals surface area contributed by atoms with Gasteiger partial charge in [0.2, 0.25) is 0 Å². The fourth-order valence-electron chi connectivity index (χ4n) is 3.27. The van der Waals surface area contributed by atoms with Crippen molar-refractivity contribution in [2.75, 3.05) is 11.6 Å². The Kier molecular flexibility index (Phi) is 6.62. The lowest BCUT2D eigenvalue weighted by Gasteiger charge is -2.14. The van der Waals surface area contributed by atoms with Gasteiger partial charge in [-0.2, -0.15) is 0 Å². The van der Waals surface area contributed by atoms with Crippen molar-refractivity contribution in [3.63, 3.8) is 0 Å². The molecule has 1 heterocycles. The summed E-state index contributed by atoms with van der Waals surface area (Å²) in [5.41, 5.74) is 4.27. The van der Waals surface area contributed by atoms with E-state index in [9.17, 15) is 4.79 Å². The average molecular weight is 465 g/mol. The number of halogens is 2. The molecule has 1 N–H and O–H groups in total. The molecule has 6 heteroatoms. The van der Waals surface area contributed by atoms with Crippen molar-refractivity contribution in [3.05, 3.63) is 101 Å². The predicted molar refractivity (Wildman–Crippen MR) is 131 cm³/mol. The van der Waals surface area contributed by atoms with Gasteiger partial charge in [0.1, 0.15) is 0 Å². The summed E-state index contributed by atoms with van der Waals surface area (Å²) in [6.45, 7) is 0. The van der Waals surface area contributed by atoms with Crippen LogP contribution in [0.2, 0.25) is 10.0 Å². The number of nitrogens with zero attached hydrogens (tertiary/aromatic N) is 1. The van der Waals surface area contributed by atoms with Gasteiger partial charge < -0.3 is 5.32 Å². The fourth-order valence-corrected chi connectivity index (χ4v) is 4.16. The van der Waals surface area contributed by atoms with E-state index in [0.717, 1.165) is 27.3 Å². The zero-order valence-corrected chi connectivity index (χ0v) is 18.9. The van der Waals surface area contributed by atoms with Crippen molar-refractivity contribution >= 4 is 46.6 Å². The van der Waals surface area contributed by atoms with Gasteiger partial charge in [-0.25, -0.2) is 0 Å². The molecule has 154 valence electrons. The van der Waals surface area contributed by atoms with Crippen LogP contribution in [0.15, 0.2) is 90.0 Å². The Morgan fingerprint density at radius 1 is 0.839 bits per heavy atom. The molecule has 0 aliphatic carbocycles. The molecule has 0 fully saturated rings. The number of aromatic nitrogens is 1. The van der Waals surface area contributed by atoms with Crippen LogP contribution in [-0.4, -0.2) is 17.1 Å². The predicted octanol–water partition coefficient (Wildman–Crippen LogP) is 7.70. The van der Waals surface area contributed by atoms with Crippen LogP contribution in [0.5, 0.6) is 0 Å². The number of rotatable bonds is 5. The van der Waals surface area contributed by atoms with E-state index in [1.165, 1.54) is 0 Å². The highest BCUT2D eigenvalue weighted by Gasteiger charge is 2.17. The number of hydrogen-bond acceptors (Lipinski definition) is 3. The van der Waals surface area contributed by atoms with Crippen molar-refractivity contribution in [1.29, 1.82) is 0 Å². The Labute approximate surface area is 195 Å². The minimum atomic E-state index is -0.225. The van der Waals surface area contributed by atoms with E-state index >= 15 is 0 Å². The second-order valence-electron chi connectivity index (χ2n) is 6.76. The zero-order valence-electron chi connectivity index (χ0n) is 16.6. The van der Waals surface area contributed by atoms with E-state index in [1.54, 1.807) is 30.1 Å². The summed E-state index contributed by atoms with van der Waals surface area (Å²) in [4.78, 5) is 18.7. The molecule has 0 saturated carbocycles. The van der Waals surface area contributed by atoms with Gasteiger partial charge in [-0.1, -0.05) is 47.5 Å². The first-order valence-corrected chi connectivity index (χ1v) is 11.5. The minimum absolute atomic E-state index is 0.225. The highest BCUT2D eigenvalue weighted by molar-refractivity contribution is 7.98. The van der Waals surface area contributed by atoms with Crippen LogP contribution in [0.1, 0.15) is 10.4 Å². The van der Waals surface area contributed by atoms with E-state index in [4.69, 9.17) is 23.2 Å². The van der Waals surface area contributed by atoms with E-state index in [-0.39, 0.29) is 5.91 Å². The monoisotopic (exact) mass is 464 g/mol. The molecule has 1 amide bonds. The minimum Gasteiger partial charge on any atom is -0.322 e. The Balaban J connectivity index is 1.71. The number of pyridine rings is 1. The third-order valence-electron chi connectivity index (χ3n) is 4.80. The van der Waals surface area contributed by atoms with E-state index in [2.05, 4.69) is 10.3 Å². The lowest BCUT2D eigenvalue weighted by atomic mass is 9.99. The molecule has 0 atom stereocenters. The van der Waals surface area contributed by atoms with Gasteiger partial charge >= 0.3 is 0 Å². The van der Waals surface area contributed by atoms with Gasteiger partial charge in [-0.3, -0.25) is 9.78 Å². The molecule has 0 unspecified atom stereocenters. The summed E-state index contributed by atoms with van der Waals surface area (Å²) < 4.78 is 0. The van der Waals surface area contributed by atoms with Gasteiger partial charge in [-0.15, -0.1) is 11.8 Å². The number of hydrogen-bond donors (Lipinski definition) is 1. The Bertz CT molecular complexity index is 1250. The maximum Gasteiger partial charge on any atom is 0.256 e. The second-order valence-corrected chi connectivity index (χ2v) is 8.45. The highest BCUT2D eigenvalue weighted by atomic mass is 35.5. The summed E-state index contributed by atoms with van der Waals surface area (Å²) in [6.07, 6.45) is 3.71. The number of thioether (sulfide) groups is 1. The number of carbonyl (C=O) groups excluding carboxylic acids is 1. The maximum atomic E-state index is 13.2. The second kappa shape index (κ2) is 9.56. The van der Waals surface area contributed by atoms with Crippen LogP contribution < -0.4 is 5.32 Å². The van der Waals surface area contributed by atoms with Crippen LogP contribution in [0.3, 0.4) is 0 Å². The van der Waals surface area contributed by atoms with Gasteiger partial charge in [0.05, 0.1) is 10.7 Å². The van der Waals surface area contributed by atoms with Crippen LogP contribution in [-0.2, 0) is 0 Å². The van der Waals surface area contributed by atoms with Crippen molar-refractivity contribution in [2.24, 2.45) is 0 Å². The van der Waals surface area contributed by atoms with Gasteiger partial charge in [-0.05, 0) is 66.4 Å². The number of amides is 1. The Morgan fingerprint density at radius 2 is 1.61 bits per heavy atom. The first-order valence-electron chi connectivity index (χ1n) is 9.52. The SMILES string of the molecule is CSc1ccc(C(=O)Nc2ccc(Cl)c(-c3ccccn3)c2)c(-c2ccccc2Cl)c1. The van der Waals surface area contributed by atoms with Crippen molar-refractivity contribution in [3.8, 4) is 22.4 Å². The molecule has 0 spiro atoms. The summed E-state index contributed by atoms with van der Waals surface area (Å²) in [6, 6.07) is 24.2. The first-order chi connectivity index (χ1) is 15.1. The van der Waals surface area contributed by atoms with Crippen molar-refractivity contribution < 1.29 is 4.79 Å². The maximum absolute atomic E-state index is 13.2. The van der Waals surface area contributed by atoms with Gasteiger partial charge in [0.15, 0.2) is 0 Å². The van der Waals surface area contributed by atoms with E-state index in [1.807, 2.05) is 73.0 Å². The Morgan fingerprint density at radius 3 is 2.35 bits per heavy atom. The summed E-state index contributed by atoms with van der Waals surface area (Å²) >= 11 is 14.4. The topological polar surface area (TPSA) is 42.0 Å². The van der Waals surface area contributed by atoms with Crippen LogP contribution in [0.4, 0.5) is 5.69 Å². The summed E-state index contributed by atoms with van der Waals surface area (Å²) in [5, 5.41) is 4.15. The Hall–Kier alpha value is -2.79. The average Bonchev–Trinajstić information content (AvgIpc) is 2.80. The third-order valence-corrected chi connectivity index (χ3v) is 6.18. The molecule has 0 aliphatic heterocycles. The van der Waals surface area contributed by atoms with Crippen LogP contribution >= 0.6 is 35.0 Å². The lowest BCUT2D eigenvalue weighted by molar-refractivity contribution is 0.102. The largest absolute Gasteiger partial charge is 0.322 e. The fraction of sp³-hybridized carbons (Fsp3) is 0.0400. The molecule has 0 saturated heterocycles. The molecule has 0 radical (unpaired) electrons. The van der Waals surface area contributed by atoms with E-state index in [0.29, 0.717) is 21.3 Å². The summed E-state index contributed by atoms with van der Waals surface area (Å²) in [7, 11) is 0. The van der Waals surface area contributed by atoms with Gasteiger partial charge in [0.25, 0.3) is 5.91 Å². The van der Waals surface area contributed by atoms with Crippen molar-refractivity contribution in [1.82, 2.24) is 4.98 Å². The molecule has 1 aromatic heterocycles. The van der Waals surface area contributed by atoms with Crippen LogP contribution in [0.25, 0.3) is 22.4 Å². The molecule has 31 heavy (non-hydrogen) atoms. The standard InChI is InChI=1S/C25H18Cl2N2OS/c1-31-17-10-11-19(20(15-17)18-6-2-3-7-22(18)26)25(30)29-16-9-12-23(27)21(14-16)24-8-4-5-13-28-24/h2-15H,1H3,(H,29,30). The van der Waals surface area contributed by atoms with Crippen molar-refractivity contribution in [2.45, 2.75) is 4.90 Å². The molecule has 3 aromatic carbocycles. The van der Waals surface area contributed by atoms with Crippen LogP contribution in [0, 0.1) is 0 Å². The lowest BCUT2D eigenvalue weighted by Crippen LogP contribution is -2.13. The molecular weight excluding hydrogens is 447 g/mol. The van der Waals surface area contributed by atoms with Gasteiger partial charge in [0, 0.05) is 38.5 Å². The molecule has 4 aromatic rings. The molecule has 3 nitrogen and oxygen atoms in total. The molecule has 0 aliphatic rings. The van der Waals surface area contributed by atoms with E-state index < -0.39 is 0 Å². The number of carbonyl (C=O) groups is 1. The quantitative estimate of drug-likeness (QED) is 0.307.